The second kappa shape index (κ2) is 8.55. The van der Waals surface area contributed by atoms with E-state index in [-0.39, 0.29) is 5.91 Å². The number of carbonyl (C=O) groups is 1. The van der Waals surface area contributed by atoms with Gasteiger partial charge in [-0.15, -0.1) is 0 Å². The molecule has 1 aromatic heterocycles. The summed E-state index contributed by atoms with van der Waals surface area (Å²) in [6.45, 7) is 0. The quantitative estimate of drug-likeness (QED) is 0.555. The molecule has 2 aromatic carbocycles. The Morgan fingerprint density at radius 2 is 1.56 bits per heavy atom. The van der Waals surface area contributed by atoms with Gasteiger partial charge in [0.25, 0.3) is 0 Å². The molecule has 3 aromatic rings. The maximum atomic E-state index is 12.1. The Hall–Kier alpha value is -3.27. The third-order valence-corrected chi connectivity index (χ3v) is 3.76. The first-order valence-corrected chi connectivity index (χ1v) is 8.19. The summed E-state index contributed by atoms with van der Waals surface area (Å²) in [5, 5.41) is 4.35. The zero-order chi connectivity index (χ0) is 17.3. The molecule has 1 N–H and O–H groups in total. The predicted molar refractivity (Wildman–Crippen MR) is 99.2 cm³/mol. The Bertz CT molecular complexity index is 789. The molecule has 4 heteroatoms. The highest BCUT2D eigenvalue weighted by molar-refractivity contribution is 6.12. The monoisotopic (exact) mass is 329 g/mol. The summed E-state index contributed by atoms with van der Waals surface area (Å²) in [6, 6.07) is 23.5. The van der Waals surface area contributed by atoms with Crippen LogP contribution in [-0.4, -0.2) is 16.6 Å². The molecule has 0 aliphatic rings. The van der Waals surface area contributed by atoms with Gasteiger partial charge in [-0.25, -0.2) is 5.43 Å². The number of nitrogens with one attached hydrogen (secondary N) is 1. The zero-order valence-electron chi connectivity index (χ0n) is 13.8. The first-order valence-electron chi connectivity index (χ1n) is 8.19. The van der Waals surface area contributed by atoms with Crippen LogP contribution in [0.25, 0.3) is 0 Å². The van der Waals surface area contributed by atoms with Crippen LogP contribution in [0.15, 0.2) is 90.3 Å². The zero-order valence-corrected chi connectivity index (χ0v) is 13.8. The molecule has 0 saturated heterocycles. The van der Waals surface area contributed by atoms with Gasteiger partial charge in [-0.05, 0) is 24.1 Å². The van der Waals surface area contributed by atoms with E-state index >= 15 is 0 Å². The smallest absolute Gasteiger partial charge is 0.240 e. The lowest BCUT2D eigenvalue weighted by atomic mass is 10.0. The van der Waals surface area contributed by atoms with Crippen molar-refractivity contribution >= 4 is 11.6 Å². The Labute approximate surface area is 147 Å². The number of rotatable bonds is 6. The SMILES string of the molecule is O=C(CCc1ccccc1)NN=C(c1ccccc1)c1cccnc1. The lowest BCUT2D eigenvalue weighted by Crippen LogP contribution is -2.21. The molecule has 0 aliphatic heterocycles. The summed E-state index contributed by atoms with van der Waals surface area (Å²) in [5.41, 5.74) is 6.29. The van der Waals surface area contributed by atoms with Gasteiger partial charge in [0.05, 0.1) is 5.71 Å². The van der Waals surface area contributed by atoms with Gasteiger partial charge in [-0.3, -0.25) is 9.78 Å². The van der Waals surface area contributed by atoms with Crippen molar-refractivity contribution < 1.29 is 4.79 Å². The van der Waals surface area contributed by atoms with Crippen molar-refractivity contribution in [2.45, 2.75) is 12.8 Å². The maximum absolute atomic E-state index is 12.1. The normalized spacial score (nSPS) is 11.1. The molecule has 3 rings (SSSR count). The van der Waals surface area contributed by atoms with Crippen LogP contribution in [-0.2, 0) is 11.2 Å². The number of amides is 1. The van der Waals surface area contributed by atoms with Gasteiger partial charge in [0, 0.05) is 29.9 Å². The molecular weight excluding hydrogens is 310 g/mol. The Kier molecular flexibility index (Phi) is 5.67. The highest BCUT2D eigenvalue weighted by atomic mass is 16.2. The van der Waals surface area contributed by atoms with Crippen molar-refractivity contribution in [1.29, 1.82) is 0 Å². The molecule has 0 saturated carbocycles. The van der Waals surface area contributed by atoms with E-state index in [4.69, 9.17) is 0 Å². The Balaban J connectivity index is 1.72. The molecule has 1 amide bonds. The highest BCUT2D eigenvalue weighted by Crippen LogP contribution is 2.09. The summed E-state index contributed by atoms with van der Waals surface area (Å²) < 4.78 is 0. The fourth-order valence-corrected chi connectivity index (χ4v) is 2.47. The first kappa shape index (κ1) is 16.6. The number of benzene rings is 2. The van der Waals surface area contributed by atoms with Crippen LogP contribution in [0.5, 0.6) is 0 Å². The molecule has 0 aliphatic carbocycles. The topological polar surface area (TPSA) is 54.4 Å². The average molecular weight is 329 g/mol. The van der Waals surface area contributed by atoms with Crippen molar-refractivity contribution in [1.82, 2.24) is 10.4 Å². The van der Waals surface area contributed by atoms with Gasteiger partial charge >= 0.3 is 0 Å². The third-order valence-electron chi connectivity index (χ3n) is 3.76. The van der Waals surface area contributed by atoms with Crippen LogP contribution in [0.4, 0.5) is 0 Å². The molecule has 0 fully saturated rings. The standard InChI is InChI=1S/C21H19N3O/c25-20(14-13-17-8-3-1-4-9-17)23-24-21(18-10-5-2-6-11-18)19-12-7-15-22-16-19/h1-12,15-16H,13-14H2,(H,23,25). The molecule has 1 heterocycles. The van der Waals surface area contributed by atoms with Crippen molar-refractivity contribution in [3.8, 4) is 0 Å². The predicted octanol–water partition coefficient (Wildman–Crippen LogP) is 3.58. The Morgan fingerprint density at radius 3 is 2.24 bits per heavy atom. The van der Waals surface area contributed by atoms with Crippen LogP contribution in [0, 0.1) is 0 Å². The van der Waals surface area contributed by atoms with E-state index < -0.39 is 0 Å². The largest absolute Gasteiger partial charge is 0.273 e. The van der Waals surface area contributed by atoms with Crippen LogP contribution in [0.3, 0.4) is 0 Å². The maximum Gasteiger partial charge on any atom is 0.240 e. The van der Waals surface area contributed by atoms with E-state index in [2.05, 4.69) is 15.5 Å². The fraction of sp³-hybridized carbons (Fsp3) is 0.0952. The lowest BCUT2D eigenvalue weighted by molar-refractivity contribution is -0.121. The van der Waals surface area contributed by atoms with Crippen molar-refractivity contribution in [2.75, 3.05) is 0 Å². The summed E-state index contributed by atoms with van der Waals surface area (Å²) >= 11 is 0. The summed E-state index contributed by atoms with van der Waals surface area (Å²) in [4.78, 5) is 16.3. The van der Waals surface area contributed by atoms with Gasteiger partial charge in [0.2, 0.25) is 5.91 Å². The minimum absolute atomic E-state index is 0.110. The van der Waals surface area contributed by atoms with Crippen LogP contribution in [0.1, 0.15) is 23.1 Å². The van der Waals surface area contributed by atoms with Crippen LogP contribution >= 0.6 is 0 Å². The van der Waals surface area contributed by atoms with Crippen LogP contribution in [0.2, 0.25) is 0 Å². The van der Waals surface area contributed by atoms with Gasteiger partial charge in [0.1, 0.15) is 0 Å². The first-order chi connectivity index (χ1) is 12.3. The van der Waals surface area contributed by atoms with E-state index in [1.807, 2.05) is 72.8 Å². The average Bonchev–Trinajstić information content (AvgIpc) is 2.69. The summed E-state index contributed by atoms with van der Waals surface area (Å²) in [7, 11) is 0. The molecule has 124 valence electrons. The number of pyridine rings is 1. The molecule has 0 atom stereocenters. The van der Waals surface area contributed by atoms with Crippen molar-refractivity contribution in [3.63, 3.8) is 0 Å². The number of aryl methyl sites for hydroxylation is 1. The van der Waals surface area contributed by atoms with Crippen LogP contribution < -0.4 is 5.43 Å². The Morgan fingerprint density at radius 1 is 0.880 bits per heavy atom. The van der Waals surface area contributed by atoms with Gasteiger partial charge in [-0.1, -0.05) is 60.7 Å². The van der Waals surface area contributed by atoms with E-state index in [9.17, 15) is 4.79 Å². The molecule has 4 nitrogen and oxygen atoms in total. The second-order valence-corrected chi connectivity index (χ2v) is 5.59. The number of hydrazone groups is 1. The van der Waals surface area contributed by atoms with E-state index in [0.717, 1.165) is 16.7 Å². The van der Waals surface area contributed by atoms with Gasteiger partial charge in [-0.2, -0.15) is 5.10 Å². The van der Waals surface area contributed by atoms with Gasteiger partial charge < -0.3 is 0 Å². The van der Waals surface area contributed by atoms with E-state index in [1.165, 1.54) is 0 Å². The van der Waals surface area contributed by atoms with Crippen molar-refractivity contribution in [3.05, 3.63) is 102 Å². The number of nitrogens with zero attached hydrogens (tertiary/aromatic N) is 2. The fourth-order valence-electron chi connectivity index (χ4n) is 2.47. The molecular formula is C21H19N3O. The summed E-state index contributed by atoms with van der Waals surface area (Å²) in [5.74, 6) is -0.110. The molecule has 0 unspecified atom stereocenters. The van der Waals surface area contributed by atoms with E-state index in [1.54, 1.807) is 12.4 Å². The molecule has 0 bridgehead atoms. The molecule has 0 radical (unpaired) electrons. The van der Waals surface area contributed by atoms with Crippen molar-refractivity contribution in [2.24, 2.45) is 5.10 Å². The minimum atomic E-state index is -0.110. The van der Waals surface area contributed by atoms with Gasteiger partial charge in [0.15, 0.2) is 0 Å². The van der Waals surface area contributed by atoms with E-state index in [0.29, 0.717) is 18.6 Å². The number of hydrogen-bond donors (Lipinski definition) is 1. The number of aromatic nitrogens is 1. The summed E-state index contributed by atoms with van der Waals surface area (Å²) in [6.07, 6.45) is 4.53. The second-order valence-electron chi connectivity index (χ2n) is 5.59. The molecule has 0 spiro atoms. The highest BCUT2D eigenvalue weighted by Gasteiger charge is 2.08. The number of hydrogen-bond acceptors (Lipinski definition) is 3. The molecule has 25 heavy (non-hydrogen) atoms. The lowest BCUT2D eigenvalue weighted by Gasteiger charge is -2.07. The third kappa shape index (κ3) is 4.85. The number of carbonyl (C=O) groups excluding carboxylic acids is 1. The minimum Gasteiger partial charge on any atom is -0.273 e.